The van der Waals surface area contributed by atoms with Gasteiger partial charge >= 0.3 is 0 Å². The summed E-state index contributed by atoms with van der Waals surface area (Å²) < 4.78 is 20.5. The maximum Gasteiger partial charge on any atom is 0.273 e. The van der Waals surface area contributed by atoms with Gasteiger partial charge in [-0.25, -0.2) is 9.37 Å². The number of hydrogen-bond acceptors (Lipinski definition) is 6. The summed E-state index contributed by atoms with van der Waals surface area (Å²) in [6.45, 7) is -0.0190. The summed E-state index contributed by atoms with van der Waals surface area (Å²) in [4.78, 5) is 14.5. The minimum absolute atomic E-state index is 0.0190. The zero-order valence-corrected chi connectivity index (χ0v) is 14.9. The van der Waals surface area contributed by atoms with Crippen LogP contribution in [0.4, 0.5) is 10.1 Å². The Morgan fingerprint density at radius 1 is 1.30 bits per heavy atom. The summed E-state index contributed by atoms with van der Waals surface area (Å²) in [5.74, 6) is 0.262. The van der Waals surface area contributed by atoms with Crippen molar-refractivity contribution in [2.45, 2.75) is 11.3 Å². The van der Waals surface area contributed by atoms with Crippen molar-refractivity contribution in [1.29, 1.82) is 0 Å². The molecular formula is C18H16FN3O4S. The zero-order chi connectivity index (χ0) is 19.2. The number of non-ortho nitro benzene ring substituents is 1. The van der Waals surface area contributed by atoms with Gasteiger partial charge in [0.15, 0.2) is 5.16 Å². The normalized spacial score (nSPS) is 11.9. The van der Waals surface area contributed by atoms with Gasteiger partial charge in [0.2, 0.25) is 0 Å². The molecule has 0 amide bonds. The number of aliphatic hydroxyl groups is 1. The number of benzene rings is 2. The minimum Gasteiger partial charge on any atom is -0.491 e. The Balaban J connectivity index is 1.56. The Kier molecular flexibility index (Phi) is 6.05. The Morgan fingerprint density at radius 2 is 2.11 bits per heavy atom. The molecule has 1 N–H and O–H groups in total. The molecule has 0 spiro atoms. The molecule has 0 saturated carbocycles. The van der Waals surface area contributed by atoms with Crippen LogP contribution in [0, 0.1) is 15.9 Å². The quantitative estimate of drug-likeness (QED) is 0.360. The molecule has 2 aromatic carbocycles. The van der Waals surface area contributed by atoms with Crippen molar-refractivity contribution in [2.24, 2.45) is 0 Å². The molecule has 3 rings (SSSR count). The summed E-state index contributed by atoms with van der Waals surface area (Å²) in [7, 11) is 0. The van der Waals surface area contributed by atoms with E-state index in [2.05, 4.69) is 4.98 Å². The maximum absolute atomic E-state index is 13.4. The fraction of sp³-hybridized carbons (Fsp3) is 0.167. The first-order chi connectivity index (χ1) is 13.0. The van der Waals surface area contributed by atoms with Gasteiger partial charge in [0.1, 0.15) is 18.2 Å². The number of aromatic nitrogens is 2. The van der Waals surface area contributed by atoms with E-state index in [1.165, 1.54) is 42.1 Å². The highest BCUT2D eigenvalue weighted by molar-refractivity contribution is 7.99. The zero-order valence-electron chi connectivity index (χ0n) is 14.1. The number of ether oxygens (including phenoxy) is 1. The van der Waals surface area contributed by atoms with E-state index in [0.717, 1.165) is 0 Å². The molecule has 0 unspecified atom stereocenters. The van der Waals surface area contributed by atoms with Crippen LogP contribution in [0.3, 0.4) is 0 Å². The average Bonchev–Trinajstić information content (AvgIpc) is 3.13. The summed E-state index contributed by atoms with van der Waals surface area (Å²) in [6, 6.07) is 11.9. The average molecular weight is 389 g/mol. The number of hydrogen-bond donors (Lipinski definition) is 1. The number of halogens is 1. The van der Waals surface area contributed by atoms with Crippen LogP contribution in [0.25, 0.3) is 5.69 Å². The summed E-state index contributed by atoms with van der Waals surface area (Å²) in [6.07, 6.45) is 2.49. The second-order valence-corrected chi connectivity index (χ2v) is 6.58. The number of nitro benzene ring substituents is 1. The molecule has 140 valence electrons. The molecule has 0 aliphatic carbocycles. The Hall–Kier alpha value is -2.91. The van der Waals surface area contributed by atoms with Crippen LogP contribution in [0.15, 0.2) is 66.1 Å². The van der Waals surface area contributed by atoms with E-state index < -0.39 is 11.0 Å². The van der Waals surface area contributed by atoms with Gasteiger partial charge in [0, 0.05) is 24.2 Å². The van der Waals surface area contributed by atoms with Crippen molar-refractivity contribution < 1.29 is 19.2 Å². The van der Waals surface area contributed by atoms with Gasteiger partial charge in [-0.1, -0.05) is 23.9 Å². The van der Waals surface area contributed by atoms with Gasteiger partial charge in [-0.2, -0.15) is 0 Å². The lowest BCUT2D eigenvalue weighted by atomic mass is 10.3. The standard InChI is InChI=1S/C18H16FN3O4S/c19-13-3-1-4-14(9-13)21-8-7-20-18(21)27-12-16(23)11-26-17-6-2-5-15(10-17)22(24)25/h1-10,16,23H,11-12H2/t16-/m0/s1. The predicted octanol–water partition coefficient (Wildman–Crippen LogP) is 3.45. The SMILES string of the molecule is O=[N+]([O-])c1cccc(OC[C@H](O)CSc2nccn2-c2cccc(F)c2)c1. The molecule has 0 radical (unpaired) electrons. The number of nitro groups is 1. The second-order valence-electron chi connectivity index (χ2n) is 5.59. The number of aliphatic hydroxyl groups excluding tert-OH is 1. The highest BCUT2D eigenvalue weighted by atomic mass is 32.2. The molecule has 0 fully saturated rings. The van der Waals surface area contributed by atoms with Gasteiger partial charge in [-0.15, -0.1) is 0 Å². The van der Waals surface area contributed by atoms with Crippen molar-refractivity contribution >= 4 is 17.4 Å². The third kappa shape index (κ3) is 5.05. The summed E-state index contributed by atoms with van der Waals surface area (Å²) in [5.41, 5.74) is 0.561. The van der Waals surface area contributed by atoms with Crippen molar-refractivity contribution in [3.63, 3.8) is 0 Å². The van der Waals surface area contributed by atoms with Crippen molar-refractivity contribution in [2.75, 3.05) is 12.4 Å². The van der Waals surface area contributed by atoms with E-state index >= 15 is 0 Å². The van der Waals surface area contributed by atoms with Crippen LogP contribution < -0.4 is 4.74 Å². The van der Waals surface area contributed by atoms with Crippen LogP contribution in [0.1, 0.15) is 0 Å². The number of rotatable bonds is 8. The van der Waals surface area contributed by atoms with E-state index in [1.807, 2.05) is 0 Å². The van der Waals surface area contributed by atoms with Gasteiger partial charge in [-0.05, 0) is 24.3 Å². The molecule has 0 bridgehead atoms. The van der Waals surface area contributed by atoms with E-state index in [1.54, 1.807) is 35.2 Å². The number of nitrogens with zero attached hydrogens (tertiary/aromatic N) is 3. The molecule has 0 aliphatic heterocycles. The first-order valence-electron chi connectivity index (χ1n) is 8.00. The third-order valence-corrected chi connectivity index (χ3v) is 4.68. The third-order valence-electron chi connectivity index (χ3n) is 3.57. The smallest absolute Gasteiger partial charge is 0.273 e. The van der Waals surface area contributed by atoms with Crippen molar-refractivity contribution in [1.82, 2.24) is 9.55 Å². The van der Waals surface area contributed by atoms with Crippen LogP contribution in [-0.4, -0.2) is 38.0 Å². The molecule has 0 saturated heterocycles. The van der Waals surface area contributed by atoms with Crippen LogP contribution in [0.5, 0.6) is 5.75 Å². The van der Waals surface area contributed by atoms with Gasteiger partial charge in [0.25, 0.3) is 5.69 Å². The Morgan fingerprint density at radius 3 is 2.89 bits per heavy atom. The maximum atomic E-state index is 13.4. The molecule has 1 atom stereocenters. The van der Waals surface area contributed by atoms with Crippen LogP contribution in [-0.2, 0) is 0 Å². The van der Waals surface area contributed by atoms with E-state index in [0.29, 0.717) is 22.3 Å². The molecule has 3 aromatic rings. The van der Waals surface area contributed by atoms with Crippen LogP contribution in [0.2, 0.25) is 0 Å². The lowest BCUT2D eigenvalue weighted by molar-refractivity contribution is -0.384. The van der Waals surface area contributed by atoms with E-state index in [9.17, 15) is 19.6 Å². The Labute approximate surface area is 158 Å². The predicted molar refractivity (Wildman–Crippen MR) is 98.8 cm³/mol. The molecule has 9 heteroatoms. The minimum atomic E-state index is -0.813. The monoisotopic (exact) mass is 389 g/mol. The largest absolute Gasteiger partial charge is 0.491 e. The Bertz CT molecular complexity index is 934. The highest BCUT2D eigenvalue weighted by Crippen LogP contribution is 2.23. The molecule has 1 aromatic heterocycles. The van der Waals surface area contributed by atoms with Gasteiger partial charge in [0.05, 0.1) is 22.8 Å². The molecule has 27 heavy (non-hydrogen) atoms. The number of thioether (sulfide) groups is 1. The first-order valence-corrected chi connectivity index (χ1v) is 8.99. The van der Waals surface area contributed by atoms with Crippen molar-refractivity contribution in [3.05, 3.63) is 76.9 Å². The van der Waals surface area contributed by atoms with Gasteiger partial charge in [-0.3, -0.25) is 14.7 Å². The van der Waals surface area contributed by atoms with Crippen molar-refractivity contribution in [3.8, 4) is 11.4 Å². The lowest BCUT2D eigenvalue weighted by Gasteiger charge is -2.13. The van der Waals surface area contributed by atoms with E-state index in [-0.39, 0.29) is 18.1 Å². The highest BCUT2D eigenvalue weighted by Gasteiger charge is 2.12. The first kappa shape index (κ1) is 18.9. The molecular weight excluding hydrogens is 373 g/mol. The van der Waals surface area contributed by atoms with E-state index in [4.69, 9.17) is 4.74 Å². The second kappa shape index (κ2) is 8.65. The molecule has 7 nitrogen and oxygen atoms in total. The van der Waals surface area contributed by atoms with Gasteiger partial charge < -0.3 is 9.84 Å². The number of imidazole rings is 1. The molecule has 1 heterocycles. The van der Waals surface area contributed by atoms with Crippen LogP contribution >= 0.6 is 11.8 Å². The molecule has 0 aliphatic rings. The summed E-state index contributed by atoms with van der Waals surface area (Å²) in [5, 5.41) is 21.5. The fourth-order valence-electron chi connectivity index (χ4n) is 2.32. The lowest BCUT2D eigenvalue weighted by Crippen LogP contribution is -2.20. The fourth-order valence-corrected chi connectivity index (χ4v) is 3.20. The topological polar surface area (TPSA) is 90.4 Å². The summed E-state index contributed by atoms with van der Waals surface area (Å²) >= 11 is 1.30.